The Morgan fingerprint density at radius 1 is 0.952 bits per heavy atom. The molecule has 0 aromatic heterocycles. The minimum absolute atomic E-state index is 0. The molecular formula is C34H57BrN2O5. The van der Waals surface area contributed by atoms with E-state index in [4.69, 9.17) is 14.2 Å². The fourth-order valence-electron chi connectivity index (χ4n) is 11.4. The first-order valence-electron chi connectivity index (χ1n) is 17.1. The van der Waals surface area contributed by atoms with Gasteiger partial charge in [-0.15, -0.1) is 0 Å². The zero-order chi connectivity index (χ0) is 29.0. The van der Waals surface area contributed by atoms with Crippen molar-refractivity contribution >= 4 is 11.9 Å². The van der Waals surface area contributed by atoms with Gasteiger partial charge >= 0.3 is 11.9 Å². The van der Waals surface area contributed by atoms with E-state index in [0.29, 0.717) is 36.1 Å². The van der Waals surface area contributed by atoms with Crippen LogP contribution in [0.1, 0.15) is 98.3 Å². The molecule has 240 valence electrons. The number of likely N-dealkylation sites (N-methyl/N-ethyl adjacent to an activating group) is 1. The number of nitrogens with zero attached hydrogens (tertiary/aromatic N) is 2. The predicted molar refractivity (Wildman–Crippen MR) is 158 cm³/mol. The van der Waals surface area contributed by atoms with E-state index in [1.54, 1.807) is 6.92 Å². The summed E-state index contributed by atoms with van der Waals surface area (Å²) >= 11 is 0. The molecule has 4 saturated carbocycles. The van der Waals surface area contributed by atoms with Crippen LogP contribution in [0.2, 0.25) is 0 Å². The van der Waals surface area contributed by atoms with Gasteiger partial charge < -0.3 is 35.7 Å². The highest BCUT2D eigenvalue weighted by molar-refractivity contribution is 5.69. The monoisotopic (exact) mass is 652 g/mol. The molecule has 0 aromatic rings. The van der Waals surface area contributed by atoms with Crippen LogP contribution < -0.4 is 17.0 Å². The van der Waals surface area contributed by atoms with Crippen molar-refractivity contribution in [2.75, 3.05) is 46.4 Å². The highest BCUT2D eigenvalue weighted by Crippen LogP contribution is 2.67. The van der Waals surface area contributed by atoms with Gasteiger partial charge in [-0.1, -0.05) is 20.8 Å². The van der Waals surface area contributed by atoms with Crippen molar-refractivity contribution < 1.29 is 45.3 Å². The number of likely N-dealkylation sites (tertiary alicyclic amines) is 1. The SMILES string of the molecule is CCC(=O)OC1C([N+]2(C)CCCCC2)C[C@H]2[C@@H]3CCC4CC(OC(C)=O)C(N5CCOCC5)C[C@]4(C)[C@@H]3CC[C@]12C.[Br-]. The third-order valence-electron chi connectivity index (χ3n) is 13.6. The quantitative estimate of drug-likeness (QED) is 0.335. The lowest BCUT2D eigenvalue weighted by atomic mass is 9.44. The predicted octanol–water partition coefficient (Wildman–Crippen LogP) is 2.21. The van der Waals surface area contributed by atoms with Crippen LogP contribution in [0, 0.1) is 34.5 Å². The summed E-state index contributed by atoms with van der Waals surface area (Å²) < 4.78 is 19.4. The number of ether oxygens (including phenoxy) is 3. The van der Waals surface area contributed by atoms with Gasteiger partial charge in [-0.3, -0.25) is 14.5 Å². The molecule has 0 aromatic carbocycles. The van der Waals surface area contributed by atoms with E-state index in [-0.39, 0.29) is 58.0 Å². The molecule has 7 nitrogen and oxygen atoms in total. The Morgan fingerprint density at radius 3 is 2.33 bits per heavy atom. The second-order valence-electron chi connectivity index (χ2n) is 15.6. The van der Waals surface area contributed by atoms with Gasteiger partial charge in [0.1, 0.15) is 12.1 Å². The van der Waals surface area contributed by atoms with Crippen molar-refractivity contribution in [2.45, 2.75) is 123 Å². The average Bonchev–Trinajstić information content (AvgIpc) is 3.26. The summed E-state index contributed by atoms with van der Waals surface area (Å²) in [5, 5.41) is 0. The largest absolute Gasteiger partial charge is 1.00 e. The highest BCUT2D eigenvalue weighted by Gasteiger charge is 2.67. The van der Waals surface area contributed by atoms with Crippen LogP contribution in [0.5, 0.6) is 0 Å². The second-order valence-corrected chi connectivity index (χ2v) is 15.6. The third kappa shape index (κ3) is 5.62. The Bertz CT molecular complexity index is 983. The number of quaternary nitrogens is 1. The van der Waals surface area contributed by atoms with Crippen molar-refractivity contribution in [3.05, 3.63) is 0 Å². The topological polar surface area (TPSA) is 65.1 Å². The lowest BCUT2D eigenvalue weighted by Crippen LogP contribution is -3.00. The minimum Gasteiger partial charge on any atom is -1.00 e. The molecule has 6 fully saturated rings. The van der Waals surface area contributed by atoms with Crippen molar-refractivity contribution in [1.29, 1.82) is 0 Å². The fraction of sp³-hybridized carbons (Fsp3) is 0.941. The lowest BCUT2D eigenvalue weighted by molar-refractivity contribution is -0.940. The highest BCUT2D eigenvalue weighted by atomic mass is 79.9. The molecule has 0 spiro atoms. The van der Waals surface area contributed by atoms with Crippen LogP contribution in [-0.4, -0.2) is 92.1 Å². The van der Waals surface area contributed by atoms with Gasteiger partial charge in [-0.2, -0.15) is 0 Å². The number of hydrogen-bond donors (Lipinski definition) is 0. The lowest BCUT2D eigenvalue weighted by Gasteiger charge is -2.62. The van der Waals surface area contributed by atoms with Gasteiger partial charge in [-0.25, -0.2) is 0 Å². The Kier molecular flexibility index (Phi) is 9.80. The maximum absolute atomic E-state index is 12.9. The number of fused-ring (bicyclic) bond motifs is 5. The number of hydrogen-bond acceptors (Lipinski definition) is 6. The van der Waals surface area contributed by atoms with Crippen LogP contribution in [0.4, 0.5) is 0 Å². The Balaban J connectivity index is 0.00000353. The van der Waals surface area contributed by atoms with Crippen molar-refractivity contribution in [3.8, 4) is 0 Å². The number of rotatable bonds is 5. The van der Waals surface area contributed by atoms with E-state index in [1.165, 1.54) is 58.0 Å². The zero-order valence-electron chi connectivity index (χ0n) is 27.0. The molecule has 0 bridgehead atoms. The van der Waals surface area contributed by atoms with Gasteiger partial charge in [-0.05, 0) is 86.9 Å². The summed E-state index contributed by atoms with van der Waals surface area (Å²) in [6.45, 7) is 14.5. The summed E-state index contributed by atoms with van der Waals surface area (Å²) in [6, 6.07) is 0.703. The first-order valence-corrected chi connectivity index (χ1v) is 17.1. The van der Waals surface area contributed by atoms with Crippen molar-refractivity contribution in [2.24, 2.45) is 34.5 Å². The molecule has 2 heterocycles. The summed E-state index contributed by atoms with van der Waals surface area (Å²) in [5.74, 6) is 2.44. The molecule has 2 saturated heterocycles. The van der Waals surface area contributed by atoms with E-state index >= 15 is 0 Å². The van der Waals surface area contributed by atoms with Gasteiger partial charge in [0.2, 0.25) is 0 Å². The normalized spacial score (nSPS) is 45.0. The van der Waals surface area contributed by atoms with Crippen molar-refractivity contribution in [1.82, 2.24) is 4.90 Å². The summed E-state index contributed by atoms with van der Waals surface area (Å²) in [6.07, 6.45) is 12.6. The van der Waals surface area contributed by atoms with Gasteiger partial charge in [0.05, 0.1) is 33.4 Å². The molecular weight excluding hydrogens is 596 g/mol. The maximum atomic E-state index is 12.9. The molecule has 2 aliphatic heterocycles. The molecule has 0 radical (unpaired) electrons. The van der Waals surface area contributed by atoms with Crippen LogP contribution in [0.3, 0.4) is 0 Å². The summed E-state index contributed by atoms with van der Waals surface area (Å²) in [5.41, 5.74) is 0.318. The molecule has 0 N–H and O–H groups in total. The summed E-state index contributed by atoms with van der Waals surface area (Å²) in [7, 11) is 2.47. The summed E-state index contributed by atoms with van der Waals surface area (Å²) in [4.78, 5) is 27.6. The Labute approximate surface area is 265 Å². The molecule has 10 atom stereocenters. The van der Waals surface area contributed by atoms with Gasteiger partial charge in [0, 0.05) is 44.3 Å². The smallest absolute Gasteiger partial charge is 0.306 e. The van der Waals surface area contributed by atoms with E-state index in [1.807, 2.05) is 6.92 Å². The molecule has 42 heavy (non-hydrogen) atoms. The zero-order valence-corrected chi connectivity index (χ0v) is 28.5. The number of carbonyl (C=O) groups is 2. The Hall–Kier alpha value is -0.700. The van der Waals surface area contributed by atoms with E-state index in [2.05, 4.69) is 25.8 Å². The molecule has 6 rings (SSSR count). The second kappa shape index (κ2) is 12.6. The Morgan fingerprint density at radius 2 is 1.67 bits per heavy atom. The number of esters is 2. The van der Waals surface area contributed by atoms with Gasteiger partial charge in [0.15, 0.2) is 6.10 Å². The number of carbonyl (C=O) groups excluding carboxylic acids is 2. The third-order valence-corrected chi connectivity index (χ3v) is 13.6. The molecule has 8 heteroatoms. The molecule has 5 unspecified atom stereocenters. The first kappa shape index (κ1) is 32.7. The fourth-order valence-corrected chi connectivity index (χ4v) is 11.4. The standard InChI is InChI=1S/C34H57N2O5.BrH/c1-6-31(38)41-32-29(36(5)16-8-7-9-17-36)21-27-25-11-10-24-20-30(40-23(2)37)28(35-14-18-39-19-15-35)22-34(24,4)26(25)12-13-33(27,32)3;/h24-30,32H,6-22H2,1-5H3;1H/q+1;/p-1/t24?,25-,26-,27+,28?,29?,30?,32?,33+,34+;/m1./s1. The molecule has 6 aliphatic rings. The maximum Gasteiger partial charge on any atom is 0.306 e. The number of morpholine rings is 1. The van der Waals surface area contributed by atoms with Crippen LogP contribution >= 0.6 is 0 Å². The van der Waals surface area contributed by atoms with E-state index in [9.17, 15) is 9.59 Å². The van der Waals surface area contributed by atoms with Crippen LogP contribution in [0.25, 0.3) is 0 Å². The van der Waals surface area contributed by atoms with Gasteiger partial charge in [0.25, 0.3) is 0 Å². The average molecular weight is 654 g/mol. The number of halogens is 1. The van der Waals surface area contributed by atoms with E-state index in [0.717, 1.165) is 50.0 Å². The van der Waals surface area contributed by atoms with E-state index < -0.39 is 0 Å². The van der Waals surface area contributed by atoms with Crippen LogP contribution in [-0.2, 0) is 23.8 Å². The molecule has 4 aliphatic carbocycles. The molecule has 0 amide bonds. The van der Waals surface area contributed by atoms with Crippen LogP contribution in [0.15, 0.2) is 0 Å². The minimum atomic E-state index is -0.141. The van der Waals surface area contributed by atoms with Crippen molar-refractivity contribution in [3.63, 3.8) is 0 Å². The number of piperidine rings is 1. The first-order chi connectivity index (χ1) is 19.6.